The van der Waals surface area contributed by atoms with Gasteiger partial charge < -0.3 is 15.2 Å². The largest absolute Gasteiger partial charge is 0.550 e. The van der Waals surface area contributed by atoms with Crippen LogP contribution in [0.15, 0.2) is 24.3 Å². The number of carboxylic acids is 1. The first kappa shape index (κ1) is 13.1. The van der Waals surface area contributed by atoms with Gasteiger partial charge in [0.05, 0.1) is 11.5 Å². The molecule has 0 unspecified atom stereocenters. The summed E-state index contributed by atoms with van der Waals surface area (Å²) in [6.45, 7) is 1.38. The van der Waals surface area contributed by atoms with Crippen LogP contribution in [0, 0.1) is 10.1 Å². The zero-order valence-electron chi connectivity index (χ0n) is 9.30. The zero-order valence-corrected chi connectivity index (χ0v) is 9.30. The van der Waals surface area contributed by atoms with E-state index in [4.69, 9.17) is 0 Å². The van der Waals surface area contributed by atoms with Crippen LogP contribution in [-0.2, 0) is 11.3 Å². The Kier molecular flexibility index (Phi) is 5.09. The lowest BCUT2D eigenvalue weighted by molar-refractivity contribution is -0.670. The minimum Gasteiger partial charge on any atom is -0.550 e. The first-order valence-electron chi connectivity index (χ1n) is 5.34. The van der Waals surface area contributed by atoms with E-state index in [1.165, 1.54) is 12.1 Å². The quantitative estimate of drug-likeness (QED) is 0.381. The Labute approximate surface area is 98.4 Å². The molecule has 92 valence electrons. The van der Waals surface area contributed by atoms with Crippen LogP contribution < -0.4 is 10.4 Å². The Bertz CT molecular complexity index is 389. The normalized spacial score (nSPS) is 10.1. The summed E-state index contributed by atoms with van der Waals surface area (Å²) in [7, 11) is 0. The van der Waals surface area contributed by atoms with Gasteiger partial charge >= 0.3 is 0 Å². The molecule has 1 aromatic rings. The van der Waals surface area contributed by atoms with Crippen molar-refractivity contribution in [3.05, 3.63) is 39.9 Å². The number of aliphatic carboxylic acids is 1. The topological polar surface area (TPSA) is 99.9 Å². The average molecular weight is 238 g/mol. The van der Waals surface area contributed by atoms with E-state index in [0.29, 0.717) is 19.5 Å². The molecule has 2 N–H and O–H groups in total. The number of benzene rings is 1. The van der Waals surface area contributed by atoms with Crippen LogP contribution in [0.1, 0.15) is 18.4 Å². The summed E-state index contributed by atoms with van der Waals surface area (Å²) in [5, 5.41) is 22.5. The van der Waals surface area contributed by atoms with Gasteiger partial charge in [0.1, 0.15) is 6.54 Å². The Morgan fingerprint density at radius 3 is 2.47 bits per heavy atom. The monoisotopic (exact) mass is 238 g/mol. The lowest BCUT2D eigenvalue weighted by Gasteiger charge is -2.02. The second kappa shape index (κ2) is 6.59. The van der Waals surface area contributed by atoms with Gasteiger partial charge in [0.15, 0.2) is 0 Å². The van der Waals surface area contributed by atoms with E-state index in [-0.39, 0.29) is 12.1 Å². The number of hydrogen-bond donors (Lipinski definition) is 1. The molecule has 0 saturated heterocycles. The molecule has 1 aromatic carbocycles. The fourth-order valence-electron chi connectivity index (χ4n) is 1.41. The zero-order chi connectivity index (χ0) is 12.7. The molecule has 0 saturated carbocycles. The SMILES string of the molecule is O=C([O-])CCC[NH2+]Cc1ccc([N+](=O)[O-])cc1. The summed E-state index contributed by atoms with van der Waals surface area (Å²) in [5.74, 6) is -1.03. The van der Waals surface area contributed by atoms with Crippen molar-refractivity contribution in [3.63, 3.8) is 0 Å². The number of quaternary nitrogens is 1. The number of hydrogen-bond acceptors (Lipinski definition) is 4. The minimum absolute atomic E-state index is 0.0662. The highest BCUT2D eigenvalue weighted by atomic mass is 16.6. The maximum atomic E-state index is 10.4. The molecule has 0 radical (unpaired) electrons. The Morgan fingerprint density at radius 1 is 1.29 bits per heavy atom. The predicted octanol–water partition coefficient (Wildman–Crippen LogP) is -0.812. The fourth-order valence-corrected chi connectivity index (χ4v) is 1.41. The van der Waals surface area contributed by atoms with Crippen molar-refractivity contribution in [2.75, 3.05) is 6.54 Å². The third kappa shape index (κ3) is 5.07. The van der Waals surface area contributed by atoms with Crippen molar-refractivity contribution in [1.82, 2.24) is 0 Å². The number of nitro benzene ring substituents is 1. The predicted molar refractivity (Wildman–Crippen MR) is 57.8 cm³/mol. The Balaban J connectivity index is 2.27. The van der Waals surface area contributed by atoms with E-state index in [2.05, 4.69) is 0 Å². The van der Waals surface area contributed by atoms with Gasteiger partial charge in [-0.1, -0.05) is 0 Å². The highest BCUT2D eigenvalue weighted by molar-refractivity contribution is 5.64. The second-order valence-corrected chi connectivity index (χ2v) is 3.68. The van der Waals surface area contributed by atoms with Crippen molar-refractivity contribution >= 4 is 11.7 Å². The molecule has 0 heterocycles. The van der Waals surface area contributed by atoms with Gasteiger partial charge in [0.2, 0.25) is 0 Å². The summed E-state index contributed by atoms with van der Waals surface area (Å²) < 4.78 is 0. The van der Waals surface area contributed by atoms with Crippen molar-refractivity contribution in [2.45, 2.75) is 19.4 Å². The number of rotatable bonds is 7. The van der Waals surface area contributed by atoms with E-state index < -0.39 is 10.9 Å². The molecule has 17 heavy (non-hydrogen) atoms. The maximum absolute atomic E-state index is 10.4. The highest BCUT2D eigenvalue weighted by Gasteiger charge is 2.04. The highest BCUT2D eigenvalue weighted by Crippen LogP contribution is 2.10. The van der Waals surface area contributed by atoms with Gasteiger partial charge in [0.25, 0.3) is 5.69 Å². The van der Waals surface area contributed by atoms with Gasteiger partial charge in [-0.3, -0.25) is 10.1 Å². The smallest absolute Gasteiger partial charge is 0.269 e. The molecule has 0 aromatic heterocycles. The molecular formula is C11H14N2O4. The molecule has 0 amide bonds. The van der Waals surface area contributed by atoms with Crippen LogP contribution in [0.4, 0.5) is 5.69 Å². The molecule has 0 aliphatic heterocycles. The van der Waals surface area contributed by atoms with Crippen LogP contribution in [0.2, 0.25) is 0 Å². The number of carbonyl (C=O) groups excluding carboxylic acids is 1. The molecular weight excluding hydrogens is 224 g/mol. The van der Waals surface area contributed by atoms with Crippen molar-refractivity contribution in [3.8, 4) is 0 Å². The number of nitrogens with two attached hydrogens (primary N) is 1. The molecule has 6 heteroatoms. The first-order valence-corrected chi connectivity index (χ1v) is 5.34. The summed E-state index contributed by atoms with van der Waals surface area (Å²) in [5.41, 5.74) is 1.05. The number of carbonyl (C=O) groups is 1. The molecule has 0 aliphatic rings. The molecule has 0 aliphatic carbocycles. The summed E-state index contributed by atoms with van der Waals surface area (Å²) in [4.78, 5) is 20.1. The fraction of sp³-hybridized carbons (Fsp3) is 0.364. The van der Waals surface area contributed by atoms with Crippen LogP contribution in [0.5, 0.6) is 0 Å². The molecule has 6 nitrogen and oxygen atoms in total. The van der Waals surface area contributed by atoms with Gasteiger partial charge in [-0.2, -0.15) is 0 Å². The van der Waals surface area contributed by atoms with E-state index in [9.17, 15) is 20.0 Å². The number of nitro groups is 1. The van der Waals surface area contributed by atoms with E-state index in [0.717, 1.165) is 5.56 Å². The van der Waals surface area contributed by atoms with Crippen molar-refractivity contribution in [2.24, 2.45) is 0 Å². The van der Waals surface area contributed by atoms with Crippen LogP contribution in [0.25, 0.3) is 0 Å². The summed E-state index contributed by atoms with van der Waals surface area (Å²) >= 11 is 0. The molecule has 0 spiro atoms. The van der Waals surface area contributed by atoms with Gasteiger partial charge in [-0.25, -0.2) is 0 Å². The number of carboxylic acid groups (broad SMARTS) is 1. The molecule has 0 atom stereocenters. The van der Waals surface area contributed by atoms with Gasteiger partial charge in [0, 0.05) is 30.1 Å². The Hall–Kier alpha value is -1.95. The molecule has 1 rings (SSSR count). The summed E-state index contributed by atoms with van der Waals surface area (Å²) in [6, 6.07) is 6.33. The average Bonchev–Trinajstić information content (AvgIpc) is 2.29. The van der Waals surface area contributed by atoms with Crippen molar-refractivity contribution < 1.29 is 20.1 Å². The molecule has 0 bridgehead atoms. The van der Waals surface area contributed by atoms with Crippen LogP contribution in [-0.4, -0.2) is 17.4 Å². The minimum atomic E-state index is -1.03. The third-order valence-electron chi connectivity index (χ3n) is 2.32. The van der Waals surface area contributed by atoms with Gasteiger partial charge in [-0.15, -0.1) is 0 Å². The van der Waals surface area contributed by atoms with E-state index >= 15 is 0 Å². The standard InChI is InChI=1S/C11H14N2O4/c14-11(15)2-1-7-12-8-9-3-5-10(6-4-9)13(16)17/h3-6,12H,1-2,7-8H2,(H,14,15). The van der Waals surface area contributed by atoms with Gasteiger partial charge in [-0.05, 0) is 18.6 Å². The lowest BCUT2D eigenvalue weighted by atomic mass is 10.2. The molecule has 0 fully saturated rings. The van der Waals surface area contributed by atoms with Crippen molar-refractivity contribution in [1.29, 1.82) is 0 Å². The van der Waals surface area contributed by atoms with Crippen LogP contribution in [0.3, 0.4) is 0 Å². The third-order valence-corrected chi connectivity index (χ3v) is 2.32. The Morgan fingerprint density at radius 2 is 1.94 bits per heavy atom. The van der Waals surface area contributed by atoms with E-state index in [1.807, 2.05) is 5.32 Å². The second-order valence-electron chi connectivity index (χ2n) is 3.68. The van der Waals surface area contributed by atoms with E-state index in [1.54, 1.807) is 12.1 Å². The lowest BCUT2D eigenvalue weighted by Crippen LogP contribution is -2.82. The number of nitrogens with zero attached hydrogens (tertiary/aromatic N) is 1. The van der Waals surface area contributed by atoms with Crippen LogP contribution >= 0.6 is 0 Å². The summed E-state index contributed by atoms with van der Waals surface area (Å²) in [6.07, 6.45) is 0.631. The first-order chi connectivity index (χ1) is 8.09. The number of non-ortho nitro benzene ring substituents is 1. The maximum Gasteiger partial charge on any atom is 0.269 e.